The molecular weight excluding hydrogens is 228 g/mol. The average Bonchev–Trinajstić information content (AvgIpc) is 2.38. The lowest BCUT2D eigenvalue weighted by atomic mass is 9.93. The van der Waals surface area contributed by atoms with Crippen LogP contribution in [0.25, 0.3) is 0 Å². The zero-order valence-electron chi connectivity index (χ0n) is 10.6. The molecule has 0 radical (unpaired) electrons. The number of nitrogens with one attached hydrogen (secondary N) is 2. The van der Waals surface area contributed by atoms with Gasteiger partial charge in [0.2, 0.25) is 5.91 Å². The predicted molar refractivity (Wildman–Crippen MR) is 71.4 cm³/mol. The lowest BCUT2D eigenvalue weighted by Gasteiger charge is -2.26. The molecule has 0 saturated carbocycles. The third-order valence-electron chi connectivity index (χ3n) is 3.34. The topological polar surface area (TPSA) is 61.4 Å². The summed E-state index contributed by atoms with van der Waals surface area (Å²) in [7, 11) is 0. The number of carbonyl (C=O) groups excluding carboxylic acids is 1. The summed E-state index contributed by atoms with van der Waals surface area (Å²) in [6, 6.07) is 8.11. The number of hydrogen-bond acceptors (Lipinski definition) is 3. The quantitative estimate of drug-likeness (QED) is 0.749. The number of para-hydroxylation sites is 1. The molecule has 2 unspecified atom stereocenters. The maximum atomic E-state index is 12.1. The largest absolute Gasteiger partial charge is 0.396 e. The van der Waals surface area contributed by atoms with Crippen molar-refractivity contribution in [3.05, 3.63) is 29.8 Å². The lowest BCUT2D eigenvalue weighted by molar-refractivity contribution is -0.125. The summed E-state index contributed by atoms with van der Waals surface area (Å²) < 4.78 is 0. The fourth-order valence-electron chi connectivity index (χ4n) is 2.25. The van der Waals surface area contributed by atoms with Crippen molar-refractivity contribution in [2.45, 2.75) is 25.8 Å². The number of hydrogen-bond donors (Lipinski definition) is 3. The smallest absolute Gasteiger partial charge is 0.225 e. The summed E-state index contributed by atoms with van der Waals surface area (Å²) in [6.45, 7) is 2.69. The number of rotatable bonds is 4. The fourth-order valence-corrected chi connectivity index (χ4v) is 2.25. The second-order valence-corrected chi connectivity index (χ2v) is 4.86. The Balaban J connectivity index is 1.94. The van der Waals surface area contributed by atoms with Crippen molar-refractivity contribution in [1.82, 2.24) is 5.32 Å². The number of carbonyl (C=O) groups is 1. The van der Waals surface area contributed by atoms with Crippen LogP contribution in [0.5, 0.6) is 0 Å². The minimum absolute atomic E-state index is 0.0268. The van der Waals surface area contributed by atoms with Crippen LogP contribution in [-0.2, 0) is 11.2 Å². The van der Waals surface area contributed by atoms with E-state index < -0.39 is 0 Å². The van der Waals surface area contributed by atoms with E-state index in [-0.39, 0.29) is 24.5 Å². The lowest BCUT2D eigenvalue weighted by Crippen LogP contribution is -2.42. The third-order valence-corrected chi connectivity index (χ3v) is 3.34. The van der Waals surface area contributed by atoms with Crippen LogP contribution in [0.2, 0.25) is 0 Å². The molecule has 2 atom stereocenters. The second-order valence-electron chi connectivity index (χ2n) is 4.86. The molecule has 0 fully saturated rings. The molecule has 3 N–H and O–H groups in total. The van der Waals surface area contributed by atoms with Gasteiger partial charge in [-0.25, -0.2) is 0 Å². The van der Waals surface area contributed by atoms with Gasteiger partial charge in [0.1, 0.15) is 0 Å². The molecule has 4 heteroatoms. The highest BCUT2D eigenvalue weighted by Gasteiger charge is 2.24. The Labute approximate surface area is 107 Å². The Morgan fingerprint density at radius 3 is 3.11 bits per heavy atom. The fraction of sp³-hybridized carbons (Fsp3) is 0.500. The van der Waals surface area contributed by atoms with E-state index >= 15 is 0 Å². The van der Waals surface area contributed by atoms with Gasteiger partial charge in [-0.2, -0.15) is 0 Å². The minimum atomic E-state index is -0.0268. The van der Waals surface area contributed by atoms with Gasteiger partial charge in [-0.15, -0.1) is 0 Å². The zero-order chi connectivity index (χ0) is 13.0. The first-order valence-electron chi connectivity index (χ1n) is 6.43. The summed E-state index contributed by atoms with van der Waals surface area (Å²) in [6.07, 6.45) is 1.38. The van der Waals surface area contributed by atoms with Crippen molar-refractivity contribution in [2.75, 3.05) is 18.5 Å². The van der Waals surface area contributed by atoms with Crippen molar-refractivity contribution in [2.24, 2.45) is 5.92 Å². The van der Waals surface area contributed by atoms with Gasteiger partial charge in [-0.1, -0.05) is 18.2 Å². The van der Waals surface area contributed by atoms with Crippen LogP contribution in [0, 0.1) is 5.92 Å². The molecule has 18 heavy (non-hydrogen) atoms. The van der Waals surface area contributed by atoms with E-state index in [0.717, 1.165) is 12.1 Å². The average molecular weight is 248 g/mol. The number of aliphatic hydroxyl groups excluding tert-OH is 1. The Hall–Kier alpha value is -1.55. The number of fused-ring (bicyclic) bond motifs is 1. The number of benzene rings is 1. The van der Waals surface area contributed by atoms with Crippen LogP contribution in [0.3, 0.4) is 0 Å². The Kier molecular flexibility index (Phi) is 4.20. The van der Waals surface area contributed by atoms with Gasteiger partial charge in [0.05, 0.1) is 5.92 Å². The molecule has 1 amide bonds. The van der Waals surface area contributed by atoms with E-state index in [4.69, 9.17) is 5.11 Å². The highest BCUT2D eigenvalue weighted by molar-refractivity contribution is 5.81. The van der Waals surface area contributed by atoms with Crippen LogP contribution in [0.1, 0.15) is 18.9 Å². The van der Waals surface area contributed by atoms with Crippen LogP contribution < -0.4 is 10.6 Å². The highest BCUT2D eigenvalue weighted by Crippen LogP contribution is 2.24. The third kappa shape index (κ3) is 3.01. The summed E-state index contributed by atoms with van der Waals surface area (Å²) in [5.41, 5.74) is 2.32. The summed E-state index contributed by atoms with van der Waals surface area (Å²) >= 11 is 0. The molecule has 0 bridgehead atoms. The van der Waals surface area contributed by atoms with E-state index in [1.54, 1.807) is 0 Å². The van der Waals surface area contributed by atoms with Gasteiger partial charge < -0.3 is 15.7 Å². The van der Waals surface area contributed by atoms with Gasteiger partial charge in [0.25, 0.3) is 0 Å². The van der Waals surface area contributed by atoms with Gasteiger partial charge >= 0.3 is 0 Å². The maximum absolute atomic E-state index is 12.1. The maximum Gasteiger partial charge on any atom is 0.225 e. The van der Waals surface area contributed by atoms with E-state index in [0.29, 0.717) is 13.0 Å². The SMILES string of the molecule is CC(CCO)NC(=O)C1CNc2ccccc2C1. The molecule has 1 aromatic carbocycles. The summed E-state index contributed by atoms with van der Waals surface area (Å²) in [5, 5.41) is 15.1. The molecule has 1 aliphatic rings. The van der Waals surface area contributed by atoms with Gasteiger partial charge in [0, 0.05) is 24.9 Å². The van der Waals surface area contributed by atoms with E-state index in [9.17, 15) is 4.79 Å². The van der Waals surface area contributed by atoms with E-state index in [2.05, 4.69) is 16.7 Å². The van der Waals surface area contributed by atoms with Crippen molar-refractivity contribution >= 4 is 11.6 Å². The standard InChI is InChI=1S/C14H20N2O2/c1-10(6-7-17)16-14(18)12-8-11-4-2-3-5-13(11)15-9-12/h2-5,10,12,15,17H,6-9H2,1H3,(H,16,18). The van der Waals surface area contributed by atoms with Gasteiger partial charge in [-0.3, -0.25) is 4.79 Å². The number of aliphatic hydroxyl groups is 1. The van der Waals surface area contributed by atoms with Crippen LogP contribution in [0.4, 0.5) is 5.69 Å². The predicted octanol–water partition coefficient (Wildman–Crippen LogP) is 1.16. The molecule has 1 aromatic rings. The molecule has 4 nitrogen and oxygen atoms in total. The molecule has 0 aliphatic carbocycles. The van der Waals surface area contributed by atoms with Gasteiger partial charge in [-0.05, 0) is 31.4 Å². The van der Waals surface area contributed by atoms with E-state index in [1.807, 2.05) is 25.1 Å². The molecular formula is C14H20N2O2. The first-order chi connectivity index (χ1) is 8.70. The molecule has 1 aliphatic heterocycles. The van der Waals surface area contributed by atoms with Crippen molar-refractivity contribution in [3.63, 3.8) is 0 Å². The van der Waals surface area contributed by atoms with Crippen molar-refractivity contribution in [1.29, 1.82) is 0 Å². The molecule has 98 valence electrons. The summed E-state index contributed by atoms with van der Waals surface area (Å²) in [5.74, 6) is 0.0407. The first kappa shape index (κ1) is 12.9. The van der Waals surface area contributed by atoms with Crippen LogP contribution >= 0.6 is 0 Å². The first-order valence-corrected chi connectivity index (χ1v) is 6.43. The van der Waals surface area contributed by atoms with Crippen LogP contribution in [0.15, 0.2) is 24.3 Å². The second kappa shape index (κ2) is 5.87. The number of anilines is 1. The summed E-state index contributed by atoms with van der Waals surface area (Å²) in [4.78, 5) is 12.1. The monoisotopic (exact) mass is 248 g/mol. The van der Waals surface area contributed by atoms with E-state index in [1.165, 1.54) is 5.56 Å². The van der Waals surface area contributed by atoms with Gasteiger partial charge in [0.15, 0.2) is 0 Å². The molecule has 0 aromatic heterocycles. The Morgan fingerprint density at radius 1 is 1.56 bits per heavy atom. The van der Waals surface area contributed by atoms with Crippen LogP contribution in [-0.4, -0.2) is 30.2 Å². The minimum Gasteiger partial charge on any atom is -0.396 e. The van der Waals surface area contributed by atoms with Crippen molar-refractivity contribution < 1.29 is 9.90 Å². The molecule has 0 saturated heterocycles. The number of amides is 1. The molecule has 0 spiro atoms. The molecule has 1 heterocycles. The van der Waals surface area contributed by atoms with Crippen molar-refractivity contribution in [3.8, 4) is 0 Å². The molecule has 2 rings (SSSR count). The normalized spacial score (nSPS) is 19.6. The zero-order valence-corrected chi connectivity index (χ0v) is 10.6. The highest BCUT2D eigenvalue weighted by atomic mass is 16.3. The Bertz CT molecular complexity index is 420. The Morgan fingerprint density at radius 2 is 2.33 bits per heavy atom.